The van der Waals surface area contributed by atoms with Crippen LogP contribution >= 0.6 is 0 Å². The molecule has 1 aromatic rings. The molecular formula is C16H25NO3. The molecule has 0 heterocycles. The highest BCUT2D eigenvalue weighted by Gasteiger charge is 2.37. The fraction of sp³-hybridized carbons (Fsp3) is 0.562. The first kappa shape index (κ1) is 16.7. The number of esters is 1. The lowest BCUT2D eigenvalue weighted by Gasteiger charge is -2.28. The van der Waals surface area contributed by atoms with Gasteiger partial charge in [0.1, 0.15) is 5.54 Å². The Balaban J connectivity index is 2.78. The van der Waals surface area contributed by atoms with Crippen molar-refractivity contribution in [3.63, 3.8) is 0 Å². The minimum atomic E-state index is -1.16. The molecule has 0 bridgehead atoms. The summed E-state index contributed by atoms with van der Waals surface area (Å²) >= 11 is 0. The Morgan fingerprint density at radius 2 is 1.85 bits per heavy atom. The van der Waals surface area contributed by atoms with Gasteiger partial charge < -0.3 is 15.2 Å². The quantitative estimate of drug-likeness (QED) is 0.779. The van der Waals surface area contributed by atoms with Gasteiger partial charge in [-0.2, -0.15) is 0 Å². The van der Waals surface area contributed by atoms with Crippen molar-refractivity contribution < 1.29 is 14.3 Å². The molecule has 1 rings (SSSR count). The van der Waals surface area contributed by atoms with E-state index in [1.807, 2.05) is 37.3 Å². The summed E-state index contributed by atoms with van der Waals surface area (Å²) in [5.41, 5.74) is 5.86. The van der Waals surface area contributed by atoms with Crippen molar-refractivity contribution in [3.8, 4) is 0 Å². The highest BCUT2D eigenvalue weighted by molar-refractivity contribution is 5.82. The Hall–Kier alpha value is -1.39. The molecule has 2 unspecified atom stereocenters. The van der Waals surface area contributed by atoms with Crippen molar-refractivity contribution in [1.29, 1.82) is 0 Å². The molecule has 0 aliphatic heterocycles. The van der Waals surface area contributed by atoms with E-state index >= 15 is 0 Å². The van der Waals surface area contributed by atoms with Crippen molar-refractivity contribution in [2.45, 2.75) is 38.8 Å². The summed E-state index contributed by atoms with van der Waals surface area (Å²) in [6, 6.07) is 9.28. The van der Waals surface area contributed by atoms with E-state index in [9.17, 15) is 4.79 Å². The van der Waals surface area contributed by atoms with Gasteiger partial charge in [-0.1, -0.05) is 44.2 Å². The van der Waals surface area contributed by atoms with Crippen molar-refractivity contribution in [2.75, 3.05) is 13.7 Å². The van der Waals surface area contributed by atoms with Gasteiger partial charge in [-0.25, -0.2) is 4.79 Å². The number of ether oxygens (including phenoxy) is 2. The smallest absolute Gasteiger partial charge is 0.330 e. The van der Waals surface area contributed by atoms with E-state index in [1.54, 1.807) is 0 Å². The van der Waals surface area contributed by atoms with Gasteiger partial charge in [-0.3, -0.25) is 0 Å². The lowest BCUT2D eigenvalue weighted by molar-refractivity contribution is -0.148. The predicted octanol–water partition coefficient (Wildman–Crippen LogP) is 2.46. The first-order valence-corrected chi connectivity index (χ1v) is 6.96. The minimum Gasteiger partial charge on any atom is -0.467 e. The summed E-state index contributed by atoms with van der Waals surface area (Å²) in [6.45, 7) is 6.62. The zero-order valence-corrected chi connectivity index (χ0v) is 12.8. The number of methoxy groups -OCH3 is 1. The van der Waals surface area contributed by atoms with Crippen molar-refractivity contribution in [2.24, 2.45) is 11.7 Å². The molecule has 112 valence electrons. The first-order chi connectivity index (χ1) is 9.41. The van der Waals surface area contributed by atoms with Crippen molar-refractivity contribution in [1.82, 2.24) is 0 Å². The highest BCUT2D eigenvalue weighted by Crippen LogP contribution is 2.24. The van der Waals surface area contributed by atoms with Crippen LogP contribution in [0.1, 0.15) is 32.8 Å². The molecule has 2 N–H and O–H groups in total. The summed E-state index contributed by atoms with van der Waals surface area (Å²) in [4.78, 5) is 12.0. The van der Waals surface area contributed by atoms with Gasteiger partial charge in [-0.05, 0) is 18.4 Å². The molecule has 0 fully saturated rings. The molecule has 0 saturated heterocycles. The van der Waals surface area contributed by atoms with Gasteiger partial charge in [0.15, 0.2) is 0 Å². The zero-order valence-electron chi connectivity index (χ0n) is 12.8. The van der Waals surface area contributed by atoms with Crippen LogP contribution in [0.25, 0.3) is 0 Å². The van der Waals surface area contributed by atoms with Crippen molar-refractivity contribution >= 4 is 5.97 Å². The van der Waals surface area contributed by atoms with Crippen LogP contribution in [0.3, 0.4) is 0 Å². The molecule has 0 saturated carbocycles. The third kappa shape index (κ3) is 4.05. The summed E-state index contributed by atoms with van der Waals surface area (Å²) in [5.74, 6) is -0.0125. The topological polar surface area (TPSA) is 61.5 Å². The number of rotatable bonds is 7. The van der Waals surface area contributed by atoms with Crippen LogP contribution in [0, 0.1) is 5.92 Å². The van der Waals surface area contributed by atoms with E-state index < -0.39 is 11.5 Å². The van der Waals surface area contributed by atoms with Crippen LogP contribution in [0.2, 0.25) is 0 Å². The molecule has 20 heavy (non-hydrogen) atoms. The predicted molar refractivity (Wildman–Crippen MR) is 79.2 cm³/mol. The van der Waals surface area contributed by atoms with E-state index in [1.165, 1.54) is 7.11 Å². The normalized spacial score (nSPS) is 15.7. The van der Waals surface area contributed by atoms with Crippen LogP contribution in [0.15, 0.2) is 30.3 Å². The number of carbonyl (C=O) groups is 1. The van der Waals surface area contributed by atoms with Gasteiger partial charge in [0, 0.05) is 13.0 Å². The van der Waals surface area contributed by atoms with Crippen LogP contribution in [-0.2, 0) is 19.8 Å². The maximum Gasteiger partial charge on any atom is 0.330 e. The summed E-state index contributed by atoms with van der Waals surface area (Å²) < 4.78 is 10.6. The van der Waals surface area contributed by atoms with Gasteiger partial charge >= 0.3 is 5.97 Å². The molecule has 4 nitrogen and oxygen atoms in total. The Kier molecular flexibility index (Phi) is 6.17. The zero-order chi connectivity index (χ0) is 15.2. The molecule has 0 aliphatic carbocycles. The molecule has 0 radical (unpaired) electrons. The Morgan fingerprint density at radius 1 is 1.25 bits per heavy atom. The average Bonchev–Trinajstić information content (AvgIpc) is 2.46. The van der Waals surface area contributed by atoms with E-state index in [4.69, 9.17) is 15.2 Å². The number of benzene rings is 1. The standard InChI is InChI=1S/C16H25NO3/c1-12(2)13(3)20-11-10-16(17,15(18)19-4)14-8-6-5-7-9-14/h5-9,12-13H,10-11,17H2,1-4H3. The van der Waals surface area contributed by atoms with Crippen molar-refractivity contribution in [3.05, 3.63) is 35.9 Å². The lowest BCUT2D eigenvalue weighted by Crippen LogP contribution is -2.46. The molecule has 1 aromatic carbocycles. The maximum absolute atomic E-state index is 12.0. The molecule has 0 spiro atoms. The van der Waals surface area contributed by atoms with E-state index in [0.29, 0.717) is 18.9 Å². The molecule has 4 heteroatoms. The fourth-order valence-electron chi connectivity index (χ4n) is 1.88. The SMILES string of the molecule is COC(=O)C(N)(CCOC(C)C(C)C)c1ccccc1. The van der Waals surface area contributed by atoms with Gasteiger partial charge in [0.05, 0.1) is 13.2 Å². The molecule has 0 amide bonds. The minimum absolute atomic E-state index is 0.132. The van der Waals surface area contributed by atoms with E-state index in [2.05, 4.69) is 13.8 Å². The number of carbonyl (C=O) groups excluding carboxylic acids is 1. The third-order valence-corrected chi connectivity index (χ3v) is 3.65. The van der Waals surface area contributed by atoms with Crippen LogP contribution in [-0.4, -0.2) is 25.8 Å². The van der Waals surface area contributed by atoms with Gasteiger partial charge in [0.2, 0.25) is 0 Å². The molecule has 2 atom stereocenters. The van der Waals surface area contributed by atoms with Gasteiger partial charge in [-0.15, -0.1) is 0 Å². The number of hydrogen-bond acceptors (Lipinski definition) is 4. The second-order valence-corrected chi connectivity index (χ2v) is 5.40. The second-order valence-electron chi connectivity index (χ2n) is 5.40. The highest BCUT2D eigenvalue weighted by atomic mass is 16.5. The summed E-state index contributed by atoms with van der Waals surface area (Å²) in [5, 5.41) is 0. The van der Waals surface area contributed by atoms with Crippen LogP contribution < -0.4 is 5.73 Å². The molecular weight excluding hydrogens is 254 g/mol. The van der Waals surface area contributed by atoms with Crippen LogP contribution in [0.5, 0.6) is 0 Å². The van der Waals surface area contributed by atoms with E-state index in [0.717, 1.165) is 5.56 Å². The summed E-state index contributed by atoms with van der Waals surface area (Å²) in [7, 11) is 1.35. The van der Waals surface area contributed by atoms with Crippen LogP contribution in [0.4, 0.5) is 0 Å². The number of hydrogen-bond donors (Lipinski definition) is 1. The van der Waals surface area contributed by atoms with E-state index in [-0.39, 0.29) is 6.10 Å². The average molecular weight is 279 g/mol. The maximum atomic E-state index is 12.0. The van der Waals surface area contributed by atoms with Gasteiger partial charge in [0.25, 0.3) is 0 Å². The Bertz CT molecular complexity index is 419. The largest absolute Gasteiger partial charge is 0.467 e. The fourth-order valence-corrected chi connectivity index (χ4v) is 1.88. The Morgan fingerprint density at radius 3 is 2.35 bits per heavy atom. The molecule has 0 aliphatic rings. The third-order valence-electron chi connectivity index (χ3n) is 3.65. The molecule has 0 aromatic heterocycles. The summed E-state index contributed by atoms with van der Waals surface area (Å²) in [6.07, 6.45) is 0.522. The Labute approximate surface area is 121 Å². The lowest BCUT2D eigenvalue weighted by atomic mass is 9.88. The second kappa shape index (κ2) is 7.41. The first-order valence-electron chi connectivity index (χ1n) is 6.96. The monoisotopic (exact) mass is 279 g/mol. The number of nitrogens with two attached hydrogens (primary N) is 1.